The first-order valence-electron chi connectivity index (χ1n) is 9.61. The number of hydrogen-bond acceptors (Lipinski definition) is 3. The van der Waals surface area contributed by atoms with Crippen LogP contribution in [0.25, 0.3) is 0 Å². The zero-order valence-corrected chi connectivity index (χ0v) is 17.0. The molecule has 0 saturated carbocycles. The Balaban J connectivity index is 1.86. The second kappa shape index (κ2) is 7.58. The van der Waals surface area contributed by atoms with Gasteiger partial charge in [-0.3, -0.25) is 4.79 Å². The molecule has 1 aliphatic heterocycles. The fourth-order valence-corrected chi connectivity index (χ4v) is 3.50. The van der Waals surface area contributed by atoms with Crippen molar-refractivity contribution in [3.05, 3.63) is 70.8 Å². The van der Waals surface area contributed by atoms with Crippen LogP contribution in [0.3, 0.4) is 0 Å². The van der Waals surface area contributed by atoms with Crippen molar-refractivity contribution in [2.24, 2.45) is 0 Å². The lowest BCUT2D eigenvalue weighted by Gasteiger charge is -2.36. The maximum Gasteiger partial charge on any atom is 0.410 e. The molecule has 2 aromatic carbocycles. The van der Waals surface area contributed by atoms with E-state index in [0.717, 1.165) is 11.1 Å². The number of benzene rings is 2. The molecule has 0 radical (unpaired) electrons. The Hall–Kier alpha value is -2.76. The molecular formula is C23H25F2NO3. The maximum absolute atomic E-state index is 14.9. The van der Waals surface area contributed by atoms with Gasteiger partial charge in [-0.05, 0) is 51.3 Å². The molecule has 0 saturated heterocycles. The van der Waals surface area contributed by atoms with E-state index in [1.165, 1.54) is 24.3 Å². The molecule has 0 bridgehead atoms. The van der Waals surface area contributed by atoms with Crippen LogP contribution in [-0.2, 0) is 17.1 Å². The summed E-state index contributed by atoms with van der Waals surface area (Å²) in [6.45, 7) is 7.60. The van der Waals surface area contributed by atoms with Crippen LogP contribution in [0.2, 0.25) is 0 Å². The molecule has 1 aliphatic rings. The summed E-state index contributed by atoms with van der Waals surface area (Å²) in [6.07, 6.45) is -0.00755. The molecule has 1 atom stereocenters. The average Bonchev–Trinajstić information content (AvgIpc) is 2.66. The van der Waals surface area contributed by atoms with E-state index < -0.39 is 23.4 Å². The van der Waals surface area contributed by atoms with E-state index in [-0.39, 0.29) is 17.2 Å². The summed E-state index contributed by atoms with van der Waals surface area (Å²) >= 11 is 0. The molecule has 0 N–H and O–H groups in total. The molecule has 29 heavy (non-hydrogen) atoms. The first-order valence-corrected chi connectivity index (χ1v) is 9.61. The fourth-order valence-electron chi connectivity index (χ4n) is 3.50. The number of ketones is 1. The number of hydrogen-bond donors (Lipinski definition) is 0. The number of amides is 1. The van der Waals surface area contributed by atoms with Crippen LogP contribution in [0.4, 0.5) is 13.6 Å². The number of carbonyl (C=O) groups excluding carboxylic acids is 2. The van der Waals surface area contributed by atoms with Crippen LogP contribution < -0.4 is 0 Å². The van der Waals surface area contributed by atoms with Gasteiger partial charge in [-0.15, -0.1) is 0 Å². The minimum Gasteiger partial charge on any atom is -0.444 e. The second-order valence-corrected chi connectivity index (χ2v) is 8.28. The normalized spacial score (nSPS) is 16.9. The molecule has 0 aromatic heterocycles. The summed E-state index contributed by atoms with van der Waals surface area (Å²) in [6, 6.07) is 11.5. The van der Waals surface area contributed by atoms with E-state index in [1.54, 1.807) is 49.9 Å². The number of Topliss-reactive ketones (excluding diaryl/α,β-unsaturated/α-hetero) is 1. The van der Waals surface area contributed by atoms with Crippen LogP contribution in [0, 0.1) is 0 Å². The van der Waals surface area contributed by atoms with E-state index in [0.29, 0.717) is 13.0 Å². The third-order valence-corrected chi connectivity index (χ3v) is 4.99. The van der Waals surface area contributed by atoms with Crippen molar-refractivity contribution in [3.8, 4) is 0 Å². The zero-order valence-electron chi connectivity index (χ0n) is 17.0. The largest absolute Gasteiger partial charge is 0.444 e. The number of nitrogens with zero attached hydrogens (tertiary/aromatic N) is 1. The van der Waals surface area contributed by atoms with Gasteiger partial charge in [0.25, 0.3) is 0 Å². The molecule has 6 heteroatoms. The number of fused-ring (bicyclic) bond motifs is 1. The molecular weight excluding hydrogens is 376 g/mol. The minimum atomic E-state index is -3.62. The molecule has 0 fully saturated rings. The Morgan fingerprint density at radius 2 is 1.72 bits per heavy atom. The van der Waals surface area contributed by atoms with E-state index in [9.17, 15) is 18.4 Å². The Morgan fingerprint density at radius 1 is 1.07 bits per heavy atom. The van der Waals surface area contributed by atoms with Gasteiger partial charge in [0.15, 0.2) is 0 Å². The Labute approximate surface area is 169 Å². The molecule has 1 amide bonds. The Bertz CT molecular complexity index is 919. The number of alkyl halides is 2. The van der Waals surface area contributed by atoms with E-state index in [2.05, 4.69) is 0 Å². The lowest BCUT2D eigenvalue weighted by Crippen LogP contribution is -2.42. The van der Waals surface area contributed by atoms with E-state index in [4.69, 9.17) is 4.74 Å². The predicted molar refractivity (Wildman–Crippen MR) is 106 cm³/mol. The van der Waals surface area contributed by atoms with E-state index >= 15 is 0 Å². The first-order chi connectivity index (χ1) is 13.5. The van der Waals surface area contributed by atoms with Crippen LogP contribution in [0.15, 0.2) is 48.5 Å². The van der Waals surface area contributed by atoms with Crippen LogP contribution in [0.5, 0.6) is 0 Å². The van der Waals surface area contributed by atoms with Crippen LogP contribution in [0.1, 0.15) is 60.8 Å². The van der Waals surface area contributed by atoms with Gasteiger partial charge in [0.2, 0.25) is 5.78 Å². The predicted octanol–water partition coefficient (Wildman–Crippen LogP) is 5.52. The highest BCUT2D eigenvalue weighted by molar-refractivity contribution is 6.01. The fraction of sp³-hybridized carbons (Fsp3) is 0.391. The van der Waals surface area contributed by atoms with Crippen molar-refractivity contribution < 1.29 is 23.1 Å². The maximum atomic E-state index is 14.9. The monoisotopic (exact) mass is 401 g/mol. The highest BCUT2D eigenvalue weighted by Gasteiger charge is 2.42. The van der Waals surface area contributed by atoms with Gasteiger partial charge in [-0.25, -0.2) is 4.79 Å². The standard InChI is InChI=1S/C23H25F2NO3/c1-15-19-11-10-18(23(24,25)20(27)16-8-6-5-7-9-16)14-17(19)12-13-26(15)21(28)29-22(2,3)4/h5-11,14-15H,12-13H2,1-4H3/t15-/m0/s1. The van der Waals surface area contributed by atoms with Gasteiger partial charge in [-0.1, -0.05) is 42.5 Å². The summed E-state index contributed by atoms with van der Waals surface area (Å²) < 4.78 is 35.2. The lowest BCUT2D eigenvalue weighted by molar-refractivity contribution is 0.00713. The van der Waals surface area contributed by atoms with Crippen LogP contribution >= 0.6 is 0 Å². The number of rotatable bonds is 3. The molecule has 0 spiro atoms. The van der Waals surface area contributed by atoms with Gasteiger partial charge >= 0.3 is 12.0 Å². The average molecular weight is 401 g/mol. The summed E-state index contributed by atoms with van der Waals surface area (Å²) in [7, 11) is 0. The van der Waals surface area contributed by atoms with Crippen molar-refractivity contribution in [2.45, 2.75) is 51.7 Å². The Kier molecular flexibility index (Phi) is 5.48. The summed E-state index contributed by atoms with van der Waals surface area (Å²) in [5.74, 6) is -4.85. The lowest BCUT2D eigenvalue weighted by atomic mass is 9.89. The van der Waals surface area contributed by atoms with Crippen molar-refractivity contribution in [2.75, 3.05) is 6.54 Å². The smallest absolute Gasteiger partial charge is 0.410 e. The second-order valence-electron chi connectivity index (χ2n) is 8.28. The van der Waals surface area contributed by atoms with Gasteiger partial charge in [-0.2, -0.15) is 8.78 Å². The molecule has 1 heterocycles. The highest BCUT2D eigenvalue weighted by atomic mass is 19.3. The number of carbonyl (C=O) groups is 2. The number of ether oxygens (including phenoxy) is 1. The zero-order chi connectivity index (χ0) is 21.4. The van der Waals surface area contributed by atoms with Gasteiger partial charge < -0.3 is 9.64 Å². The highest BCUT2D eigenvalue weighted by Crippen LogP contribution is 2.37. The quantitative estimate of drug-likeness (QED) is 0.637. The minimum absolute atomic E-state index is 0.0281. The Morgan fingerprint density at radius 3 is 2.34 bits per heavy atom. The third kappa shape index (κ3) is 4.31. The van der Waals surface area contributed by atoms with Crippen molar-refractivity contribution in [1.29, 1.82) is 0 Å². The first kappa shape index (κ1) is 21.0. The van der Waals surface area contributed by atoms with Crippen molar-refractivity contribution >= 4 is 11.9 Å². The molecule has 2 aromatic rings. The van der Waals surface area contributed by atoms with Gasteiger partial charge in [0.1, 0.15) is 5.60 Å². The molecule has 3 rings (SSSR count). The topological polar surface area (TPSA) is 46.6 Å². The molecule has 4 nitrogen and oxygen atoms in total. The van der Waals surface area contributed by atoms with E-state index in [1.807, 2.05) is 6.92 Å². The van der Waals surface area contributed by atoms with Crippen LogP contribution in [-0.4, -0.2) is 28.9 Å². The van der Waals surface area contributed by atoms with Crippen molar-refractivity contribution in [1.82, 2.24) is 4.90 Å². The molecule has 0 unspecified atom stereocenters. The number of halogens is 2. The van der Waals surface area contributed by atoms with Gasteiger partial charge in [0.05, 0.1) is 6.04 Å². The summed E-state index contributed by atoms with van der Waals surface area (Å²) in [5.41, 5.74) is 0.535. The summed E-state index contributed by atoms with van der Waals surface area (Å²) in [5, 5.41) is 0. The molecule has 154 valence electrons. The third-order valence-electron chi connectivity index (χ3n) is 4.99. The molecule has 0 aliphatic carbocycles. The van der Waals surface area contributed by atoms with Gasteiger partial charge in [0, 0.05) is 17.7 Å². The van der Waals surface area contributed by atoms with Crippen molar-refractivity contribution in [3.63, 3.8) is 0 Å². The SMILES string of the molecule is C[C@H]1c2ccc(C(F)(F)C(=O)c3ccccc3)cc2CCN1C(=O)OC(C)(C)C. The summed E-state index contributed by atoms with van der Waals surface area (Å²) in [4.78, 5) is 26.4.